The van der Waals surface area contributed by atoms with Crippen LogP contribution >= 0.6 is 0 Å². The van der Waals surface area contributed by atoms with Crippen molar-refractivity contribution in [2.45, 2.75) is 25.3 Å². The summed E-state index contributed by atoms with van der Waals surface area (Å²) in [6.07, 6.45) is 4.80. The van der Waals surface area contributed by atoms with E-state index in [9.17, 15) is 25.3 Å². The highest BCUT2D eigenvalue weighted by Crippen LogP contribution is 2.46. The van der Waals surface area contributed by atoms with Crippen LogP contribution in [0.5, 0.6) is 0 Å². The molecule has 2 aliphatic rings. The molecule has 0 amide bonds. The number of aliphatic carboxylic acids is 1. The first kappa shape index (κ1) is 19.8. The molecule has 1 heterocycles. The topological polar surface area (TPSA) is 116 Å². The van der Waals surface area contributed by atoms with E-state index in [1.54, 1.807) is 6.07 Å². The number of piperidine rings is 1. The molecule has 3 rings (SSSR count). The van der Waals surface area contributed by atoms with Crippen molar-refractivity contribution >= 4 is 5.97 Å². The number of carboxylic acid groups (broad SMARTS) is 1. The highest BCUT2D eigenvalue weighted by molar-refractivity contribution is 5.83. The van der Waals surface area contributed by atoms with Gasteiger partial charge in [-0.15, -0.1) is 0 Å². The third-order valence-corrected chi connectivity index (χ3v) is 5.93. The van der Waals surface area contributed by atoms with Crippen molar-refractivity contribution in [1.29, 1.82) is 5.26 Å². The molecule has 0 aromatic heterocycles. The summed E-state index contributed by atoms with van der Waals surface area (Å²) in [5, 5.41) is 34.7. The Hall–Kier alpha value is -2.98. The van der Waals surface area contributed by atoms with Gasteiger partial charge in [-0.3, -0.25) is 14.9 Å². The Labute approximate surface area is 163 Å². The Kier molecular flexibility index (Phi) is 5.34. The molecule has 4 atom stereocenters. The number of nitriles is 1. The fraction of sp³-hybridized carbons (Fsp3) is 0.429. The molecule has 1 saturated heterocycles. The molecule has 0 spiro atoms. The zero-order valence-electron chi connectivity index (χ0n) is 15.7. The van der Waals surface area contributed by atoms with E-state index in [0.29, 0.717) is 12.1 Å². The van der Waals surface area contributed by atoms with Crippen LogP contribution in [0.3, 0.4) is 0 Å². The smallest absolute Gasteiger partial charge is 0.342 e. The molecule has 1 aromatic carbocycles. The zero-order valence-corrected chi connectivity index (χ0v) is 15.7. The van der Waals surface area contributed by atoms with Crippen LogP contribution < -0.4 is 5.32 Å². The number of benzene rings is 1. The largest absolute Gasteiger partial charge is 0.480 e. The lowest BCUT2D eigenvalue weighted by molar-refractivity contribution is -0.524. The summed E-state index contributed by atoms with van der Waals surface area (Å²) < 4.78 is 0. The fourth-order valence-electron chi connectivity index (χ4n) is 4.20. The van der Waals surface area contributed by atoms with Crippen LogP contribution in [0.4, 0.5) is 0 Å². The van der Waals surface area contributed by atoms with Gasteiger partial charge in [-0.25, -0.2) is 0 Å². The number of hydrogen-bond acceptors (Lipinski definition) is 5. The molecule has 7 heteroatoms. The van der Waals surface area contributed by atoms with Crippen molar-refractivity contribution in [2.24, 2.45) is 17.3 Å². The normalized spacial score (nSPS) is 32.2. The Morgan fingerprint density at radius 1 is 1.39 bits per heavy atom. The van der Waals surface area contributed by atoms with Crippen LogP contribution in [-0.2, 0) is 11.2 Å². The summed E-state index contributed by atoms with van der Waals surface area (Å²) in [6.45, 7) is 3.38. The average Bonchev–Trinajstić information content (AvgIpc) is 2.69. The summed E-state index contributed by atoms with van der Waals surface area (Å²) in [7, 11) is 0. The molecule has 0 radical (unpaired) electrons. The maximum Gasteiger partial charge on any atom is 0.342 e. The first-order valence-electron chi connectivity index (χ1n) is 9.32. The van der Waals surface area contributed by atoms with Crippen molar-refractivity contribution in [1.82, 2.24) is 5.32 Å². The predicted molar refractivity (Wildman–Crippen MR) is 103 cm³/mol. The minimum atomic E-state index is -2.04. The number of nitrogens with zero attached hydrogens (tertiary/aromatic N) is 2. The van der Waals surface area contributed by atoms with Crippen LogP contribution in [0, 0.1) is 38.7 Å². The van der Waals surface area contributed by atoms with Gasteiger partial charge in [-0.1, -0.05) is 43.3 Å². The highest BCUT2D eigenvalue weighted by atomic mass is 16.6. The van der Waals surface area contributed by atoms with Crippen molar-refractivity contribution in [3.05, 3.63) is 69.8 Å². The van der Waals surface area contributed by atoms with Crippen LogP contribution in [-0.4, -0.2) is 34.6 Å². The van der Waals surface area contributed by atoms with Gasteiger partial charge in [-0.2, -0.15) is 5.26 Å². The van der Waals surface area contributed by atoms with E-state index in [1.807, 2.05) is 37.3 Å². The van der Waals surface area contributed by atoms with E-state index in [0.717, 1.165) is 24.6 Å². The molecule has 28 heavy (non-hydrogen) atoms. The third-order valence-electron chi connectivity index (χ3n) is 5.93. The number of rotatable bonds is 5. The molecule has 1 aliphatic carbocycles. The van der Waals surface area contributed by atoms with Crippen molar-refractivity contribution < 1.29 is 14.8 Å². The van der Waals surface area contributed by atoms with E-state index in [2.05, 4.69) is 5.32 Å². The molecule has 0 bridgehead atoms. The van der Waals surface area contributed by atoms with Gasteiger partial charge in [-0.05, 0) is 42.4 Å². The molecule has 1 fully saturated rings. The Balaban J connectivity index is 2.17. The van der Waals surface area contributed by atoms with E-state index < -0.39 is 21.8 Å². The molecule has 7 nitrogen and oxygen atoms in total. The lowest BCUT2D eigenvalue weighted by Gasteiger charge is -2.41. The van der Waals surface area contributed by atoms with Crippen LogP contribution in [0.25, 0.3) is 0 Å². The monoisotopic (exact) mass is 381 g/mol. The van der Waals surface area contributed by atoms with Crippen molar-refractivity contribution in [3.63, 3.8) is 0 Å². The number of nitro groups is 1. The lowest BCUT2D eigenvalue weighted by atomic mass is 9.62. The van der Waals surface area contributed by atoms with Crippen LogP contribution in [0.1, 0.15) is 18.9 Å². The van der Waals surface area contributed by atoms with Gasteiger partial charge < -0.3 is 10.4 Å². The molecular weight excluding hydrogens is 358 g/mol. The summed E-state index contributed by atoms with van der Waals surface area (Å²) in [5.74, 6) is -1.12. The standard InChI is InChI=1S/C21H23N3O4/c1-15-7-10-23-13-17(15)18-12-20(14-22,24(27)28)8-9-21(18,19(25)26)11-16-5-3-2-4-6-16/h2-6,8-9,12,15,17,23H,7,10-11,13H2,1H3,(H,25,26). The van der Waals surface area contributed by atoms with Gasteiger partial charge in [0.1, 0.15) is 5.41 Å². The number of carboxylic acids is 1. The number of nitrogens with one attached hydrogen (secondary N) is 1. The van der Waals surface area contributed by atoms with Gasteiger partial charge in [0.2, 0.25) is 0 Å². The van der Waals surface area contributed by atoms with Crippen LogP contribution in [0.2, 0.25) is 0 Å². The van der Waals surface area contributed by atoms with E-state index in [1.165, 1.54) is 12.2 Å². The quantitative estimate of drug-likeness (QED) is 0.460. The molecule has 1 aliphatic heterocycles. The minimum Gasteiger partial charge on any atom is -0.480 e. The molecule has 4 unspecified atom stereocenters. The van der Waals surface area contributed by atoms with Gasteiger partial charge in [0, 0.05) is 18.7 Å². The summed E-state index contributed by atoms with van der Waals surface area (Å²) in [5.41, 5.74) is -2.19. The fourth-order valence-corrected chi connectivity index (χ4v) is 4.20. The molecule has 0 saturated carbocycles. The van der Waals surface area contributed by atoms with Gasteiger partial charge in [0.25, 0.3) is 0 Å². The summed E-state index contributed by atoms with van der Waals surface area (Å²) >= 11 is 0. The Bertz CT molecular complexity index is 873. The third kappa shape index (κ3) is 3.32. The maximum absolute atomic E-state index is 12.5. The molecule has 146 valence electrons. The maximum atomic E-state index is 12.5. The van der Waals surface area contributed by atoms with Gasteiger partial charge in [0.05, 0.1) is 4.92 Å². The number of carbonyl (C=O) groups is 1. The van der Waals surface area contributed by atoms with Gasteiger partial charge >= 0.3 is 11.5 Å². The second-order valence-corrected chi connectivity index (χ2v) is 7.64. The van der Waals surface area contributed by atoms with Gasteiger partial charge in [0.15, 0.2) is 6.07 Å². The number of hydrogen-bond donors (Lipinski definition) is 2. The van der Waals surface area contributed by atoms with E-state index >= 15 is 0 Å². The first-order valence-corrected chi connectivity index (χ1v) is 9.32. The Morgan fingerprint density at radius 3 is 2.68 bits per heavy atom. The first-order chi connectivity index (χ1) is 13.3. The lowest BCUT2D eigenvalue weighted by Crippen LogP contribution is -2.48. The predicted octanol–water partition coefficient (Wildman–Crippen LogP) is 2.58. The summed E-state index contributed by atoms with van der Waals surface area (Å²) in [6, 6.07) is 11.0. The molecular formula is C21H23N3O4. The molecule has 1 aromatic rings. The zero-order chi connectivity index (χ0) is 20.4. The van der Waals surface area contributed by atoms with E-state index in [-0.39, 0.29) is 18.3 Å². The Morgan fingerprint density at radius 2 is 2.11 bits per heavy atom. The average molecular weight is 381 g/mol. The second kappa shape index (κ2) is 7.56. The highest BCUT2D eigenvalue weighted by Gasteiger charge is 2.52. The molecule has 2 N–H and O–H groups in total. The minimum absolute atomic E-state index is 0.150. The second-order valence-electron chi connectivity index (χ2n) is 7.64. The van der Waals surface area contributed by atoms with Crippen molar-refractivity contribution in [3.8, 4) is 6.07 Å². The SMILES string of the molecule is CC1CCNCC1C1=CC(C#N)([N+](=O)[O-])C=CC1(Cc1ccccc1)C(=O)O. The van der Waals surface area contributed by atoms with Crippen LogP contribution in [0.15, 0.2) is 54.1 Å². The van der Waals surface area contributed by atoms with Crippen molar-refractivity contribution in [2.75, 3.05) is 13.1 Å². The van der Waals surface area contributed by atoms with E-state index in [4.69, 9.17) is 0 Å². The summed E-state index contributed by atoms with van der Waals surface area (Å²) in [4.78, 5) is 23.6.